The summed E-state index contributed by atoms with van der Waals surface area (Å²) < 4.78 is 54.2. The highest BCUT2D eigenvalue weighted by atomic mass is 35.5. The molecule has 1 N–H and O–H groups in total. The van der Waals surface area contributed by atoms with Gasteiger partial charge in [0.1, 0.15) is 17.5 Å². The van der Waals surface area contributed by atoms with Gasteiger partial charge in [0.05, 0.1) is 16.3 Å². The standard InChI is InChI=1S/C26H28ClF4N7/c1-36-8-6-18(16-36)33-25-34-19(13-17-4-5-22(28)21(27)14-17)15-23(35-25)37-9-11-38(12-10-37)24-20(26(29,30)31)3-2-7-32-24/h2-5,7,14-15,18H,6,8-13,16H2,1H3,(H,33,34,35). The topological polar surface area (TPSA) is 60.4 Å². The second-order valence-corrected chi connectivity index (χ2v) is 10.1. The summed E-state index contributed by atoms with van der Waals surface area (Å²) in [5.74, 6) is 0.654. The van der Waals surface area contributed by atoms with Crippen molar-refractivity contribution in [3.63, 3.8) is 0 Å². The molecule has 4 heterocycles. The molecule has 0 saturated carbocycles. The van der Waals surface area contributed by atoms with Crippen molar-refractivity contribution >= 4 is 29.2 Å². The van der Waals surface area contributed by atoms with Gasteiger partial charge in [0.25, 0.3) is 0 Å². The van der Waals surface area contributed by atoms with Crippen LogP contribution < -0.4 is 15.1 Å². The molecule has 2 fully saturated rings. The number of alkyl halides is 3. The summed E-state index contributed by atoms with van der Waals surface area (Å²) in [6, 6.07) is 9.04. The van der Waals surface area contributed by atoms with Crippen molar-refractivity contribution in [2.75, 3.05) is 61.4 Å². The number of rotatable bonds is 6. The molecule has 2 aliphatic heterocycles. The van der Waals surface area contributed by atoms with Gasteiger partial charge in [-0.3, -0.25) is 0 Å². The van der Waals surface area contributed by atoms with Crippen LogP contribution in [0.2, 0.25) is 5.02 Å². The third-order valence-electron chi connectivity index (χ3n) is 6.85. The van der Waals surface area contributed by atoms with Crippen LogP contribution in [0, 0.1) is 5.82 Å². The summed E-state index contributed by atoms with van der Waals surface area (Å²) in [5, 5.41) is 3.48. The summed E-state index contributed by atoms with van der Waals surface area (Å²) in [7, 11) is 2.06. The van der Waals surface area contributed by atoms with E-state index < -0.39 is 17.6 Å². The molecule has 5 rings (SSSR count). The van der Waals surface area contributed by atoms with Gasteiger partial charge in [-0.25, -0.2) is 14.4 Å². The fraction of sp³-hybridized carbons (Fsp3) is 0.423. The lowest BCUT2D eigenvalue weighted by Gasteiger charge is -2.37. The summed E-state index contributed by atoms with van der Waals surface area (Å²) >= 11 is 5.98. The minimum atomic E-state index is -4.47. The lowest BCUT2D eigenvalue weighted by molar-refractivity contribution is -0.137. The summed E-state index contributed by atoms with van der Waals surface area (Å²) in [6.45, 7) is 3.53. The summed E-state index contributed by atoms with van der Waals surface area (Å²) in [5.41, 5.74) is 0.814. The van der Waals surface area contributed by atoms with E-state index in [9.17, 15) is 17.6 Å². The van der Waals surface area contributed by atoms with E-state index in [4.69, 9.17) is 21.6 Å². The number of likely N-dealkylation sites (N-methyl/N-ethyl adjacent to an activating group) is 1. The summed E-state index contributed by atoms with van der Waals surface area (Å²) in [6.07, 6.45) is -1.69. The Hall–Kier alpha value is -3.18. The zero-order chi connectivity index (χ0) is 26.9. The molecular formula is C26H28ClF4N7. The second-order valence-electron chi connectivity index (χ2n) is 9.70. The average Bonchev–Trinajstić information content (AvgIpc) is 3.30. The molecule has 202 valence electrons. The van der Waals surface area contributed by atoms with Crippen molar-refractivity contribution in [1.29, 1.82) is 0 Å². The molecule has 1 aromatic carbocycles. The van der Waals surface area contributed by atoms with Crippen molar-refractivity contribution in [2.24, 2.45) is 0 Å². The molecule has 0 radical (unpaired) electrons. The van der Waals surface area contributed by atoms with E-state index in [1.54, 1.807) is 17.0 Å². The number of pyridine rings is 1. The van der Waals surface area contributed by atoms with Crippen LogP contribution in [0.3, 0.4) is 0 Å². The lowest BCUT2D eigenvalue weighted by Crippen LogP contribution is -2.47. The number of benzene rings is 1. The number of aromatic nitrogens is 3. The zero-order valence-corrected chi connectivity index (χ0v) is 21.6. The predicted molar refractivity (Wildman–Crippen MR) is 139 cm³/mol. The predicted octanol–water partition coefficient (Wildman–Crippen LogP) is 4.72. The van der Waals surface area contributed by atoms with Gasteiger partial charge in [-0.05, 0) is 49.8 Å². The molecule has 38 heavy (non-hydrogen) atoms. The molecule has 0 amide bonds. The SMILES string of the molecule is CN1CCC(Nc2nc(Cc3ccc(F)c(Cl)c3)cc(N3CCN(c4ncccc4C(F)(F)F)CC3)n2)C1. The van der Waals surface area contributed by atoms with Crippen LogP contribution in [0.15, 0.2) is 42.6 Å². The number of nitrogens with one attached hydrogen (secondary N) is 1. The van der Waals surface area contributed by atoms with Crippen molar-refractivity contribution < 1.29 is 17.6 Å². The van der Waals surface area contributed by atoms with Crippen LogP contribution in [-0.4, -0.2) is 72.2 Å². The minimum Gasteiger partial charge on any atom is -0.353 e. The van der Waals surface area contributed by atoms with Gasteiger partial charge in [-0.2, -0.15) is 18.2 Å². The molecule has 0 bridgehead atoms. The molecule has 0 aliphatic carbocycles. The van der Waals surface area contributed by atoms with Crippen LogP contribution in [0.4, 0.5) is 35.1 Å². The van der Waals surface area contributed by atoms with Crippen LogP contribution in [0.5, 0.6) is 0 Å². The highest BCUT2D eigenvalue weighted by molar-refractivity contribution is 6.30. The smallest absolute Gasteiger partial charge is 0.353 e. The van der Waals surface area contributed by atoms with E-state index in [0.29, 0.717) is 44.4 Å². The Kier molecular flexibility index (Phi) is 7.58. The van der Waals surface area contributed by atoms with Crippen LogP contribution in [0.25, 0.3) is 0 Å². The van der Waals surface area contributed by atoms with Crippen LogP contribution in [0.1, 0.15) is 23.2 Å². The van der Waals surface area contributed by atoms with Gasteiger partial charge in [-0.1, -0.05) is 17.7 Å². The first kappa shape index (κ1) is 26.4. The maximum atomic E-state index is 13.7. The van der Waals surface area contributed by atoms with Crippen molar-refractivity contribution in [2.45, 2.75) is 25.1 Å². The molecule has 2 aromatic heterocycles. The van der Waals surface area contributed by atoms with Crippen molar-refractivity contribution in [1.82, 2.24) is 19.9 Å². The first-order valence-electron chi connectivity index (χ1n) is 12.4. The fourth-order valence-corrected chi connectivity index (χ4v) is 5.12. The molecule has 2 aliphatic rings. The minimum absolute atomic E-state index is 0.0491. The fourth-order valence-electron chi connectivity index (χ4n) is 4.91. The summed E-state index contributed by atoms with van der Waals surface area (Å²) in [4.78, 5) is 19.4. The number of piperazine rings is 1. The maximum absolute atomic E-state index is 13.7. The van der Waals surface area contributed by atoms with Gasteiger partial charge in [0.2, 0.25) is 5.95 Å². The highest BCUT2D eigenvalue weighted by Crippen LogP contribution is 2.35. The third kappa shape index (κ3) is 6.10. The Balaban J connectivity index is 1.37. The normalized spacial score (nSPS) is 18.7. The third-order valence-corrected chi connectivity index (χ3v) is 7.14. The van der Waals surface area contributed by atoms with Crippen LogP contribution >= 0.6 is 11.6 Å². The van der Waals surface area contributed by atoms with E-state index in [1.165, 1.54) is 18.3 Å². The van der Waals surface area contributed by atoms with E-state index in [2.05, 4.69) is 22.2 Å². The highest BCUT2D eigenvalue weighted by Gasteiger charge is 2.36. The Labute approximate surface area is 223 Å². The zero-order valence-electron chi connectivity index (χ0n) is 20.8. The van der Waals surface area contributed by atoms with E-state index >= 15 is 0 Å². The van der Waals surface area contributed by atoms with Gasteiger partial charge < -0.3 is 20.0 Å². The number of halogens is 5. The van der Waals surface area contributed by atoms with E-state index in [-0.39, 0.29) is 16.9 Å². The van der Waals surface area contributed by atoms with Crippen LogP contribution in [-0.2, 0) is 12.6 Å². The Bertz CT molecular complexity index is 1280. The quantitative estimate of drug-likeness (QED) is 0.447. The molecule has 1 atom stereocenters. The van der Waals surface area contributed by atoms with Gasteiger partial charge >= 0.3 is 6.18 Å². The Morgan fingerprint density at radius 3 is 2.47 bits per heavy atom. The first-order chi connectivity index (χ1) is 18.2. The van der Waals surface area contributed by atoms with Gasteiger partial charge in [0, 0.05) is 57.4 Å². The average molecular weight is 550 g/mol. The molecule has 12 heteroatoms. The monoisotopic (exact) mass is 549 g/mol. The lowest BCUT2D eigenvalue weighted by atomic mass is 10.1. The van der Waals surface area contributed by atoms with Gasteiger partial charge in [-0.15, -0.1) is 0 Å². The van der Waals surface area contributed by atoms with E-state index in [0.717, 1.165) is 36.8 Å². The molecular weight excluding hydrogens is 522 g/mol. The van der Waals surface area contributed by atoms with Crippen molar-refractivity contribution in [3.05, 3.63) is 70.3 Å². The molecule has 7 nitrogen and oxygen atoms in total. The largest absolute Gasteiger partial charge is 0.419 e. The number of hydrogen-bond acceptors (Lipinski definition) is 7. The first-order valence-corrected chi connectivity index (χ1v) is 12.8. The number of anilines is 3. The molecule has 3 aromatic rings. The number of nitrogens with zero attached hydrogens (tertiary/aromatic N) is 6. The Morgan fingerprint density at radius 2 is 1.79 bits per heavy atom. The molecule has 2 saturated heterocycles. The van der Waals surface area contributed by atoms with Gasteiger partial charge in [0.15, 0.2) is 0 Å². The second kappa shape index (κ2) is 10.9. The van der Waals surface area contributed by atoms with Crippen molar-refractivity contribution in [3.8, 4) is 0 Å². The maximum Gasteiger partial charge on any atom is 0.419 e. The number of hydrogen-bond donors (Lipinski definition) is 1. The number of likely N-dealkylation sites (tertiary alicyclic amines) is 1. The molecule has 1 unspecified atom stereocenters. The molecule has 0 spiro atoms. The Morgan fingerprint density at radius 1 is 1.03 bits per heavy atom. The van der Waals surface area contributed by atoms with E-state index in [1.807, 2.05) is 11.0 Å².